The van der Waals surface area contributed by atoms with Gasteiger partial charge in [-0.25, -0.2) is 0 Å². The van der Waals surface area contributed by atoms with Crippen LogP contribution in [0.5, 0.6) is 0 Å². The van der Waals surface area contributed by atoms with E-state index in [1.165, 1.54) is 24.0 Å². The Bertz CT molecular complexity index is 478. The molecule has 1 atom stereocenters. The zero-order valence-electron chi connectivity index (χ0n) is 11.6. The number of rotatable bonds is 5. The number of hydrogen-bond donors (Lipinski definition) is 1. The zero-order valence-corrected chi connectivity index (χ0v) is 12.5. The first kappa shape index (κ1) is 15.1. The molecule has 0 aliphatic carbocycles. The largest absolute Gasteiger partial charge is 0.279 e. The molecule has 1 rings (SSSR count). The van der Waals surface area contributed by atoms with Crippen LogP contribution in [0.4, 0.5) is 0 Å². The molecule has 0 fully saturated rings. The molecule has 18 heavy (non-hydrogen) atoms. The highest BCUT2D eigenvalue weighted by Gasteiger charge is 2.17. The van der Waals surface area contributed by atoms with Gasteiger partial charge in [-0.05, 0) is 24.0 Å². The maximum atomic E-state index is 11.7. The fourth-order valence-corrected chi connectivity index (χ4v) is 2.36. The van der Waals surface area contributed by atoms with Gasteiger partial charge in [0.05, 0.1) is 0 Å². The average molecular weight is 270 g/mol. The Morgan fingerprint density at radius 3 is 1.83 bits per heavy atom. The van der Waals surface area contributed by atoms with Gasteiger partial charge in [0, 0.05) is 20.1 Å². The summed E-state index contributed by atoms with van der Waals surface area (Å²) in [5, 5.41) is 0. The molecular weight excluding hydrogens is 248 g/mol. The van der Waals surface area contributed by atoms with Crippen LogP contribution in [0.15, 0.2) is 24.3 Å². The highest BCUT2D eigenvalue weighted by molar-refractivity contribution is 7.87. The zero-order chi connectivity index (χ0) is 13.9. The Morgan fingerprint density at radius 1 is 1.00 bits per heavy atom. The first-order valence-electron chi connectivity index (χ1n) is 6.03. The van der Waals surface area contributed by atoms with E-state index in [9.17, 15) is 8.42 Å². The molecule has 0 spiro atoms. The van der Waals surface area contributed by atoms with Gasteiger partial charge in [-0.2, -0.15) is 17.4 Å². The molecule has 4 nitrogen and oxygen atoms in total. The molecule has 0 aliphatic rings. The fraction of sp³-hybridized carbons (Fsp3) is 0.538. The third kappa shape index (κ3) is 3.80. The van der Waals surface area contributed by atoms with Crippen LogP contribution in [-0.4, -0.2) is 26.8 Å². The van der Waals surface area contributed by atoms with Crippen LogP contribution >= 0.6 is 0 Å². The van der Waals surface area contributed by atoms with Gasteiger partial charge in [-0.3, -0.25) is 0 Å². The quantitative estimate of drug-likeness (QED) is 0.892. The maximum absolute atomic E-state index is 11.7. The van der Waals surface area contributed by atoms with E-state index in [-0.39, 0.29) is 6.04 Å². The molecule has 0 bridgehead atoms. The Morgan fingerprint density at radius 2 is 1.44 bits per heavy atom. The van der Waals surface area contributed by atoms with Gasteiger partial charge in [0.2, 0.25) is 0 Å². The predicted molar refractivity (Wildman–Crippen MR) is 74.7 cm³/mol. The Balaban J connectivity index is 2.82. The van der Waals surface area contributed by atoms with Crippen LogP contribution in [0, 0.1) is 0 Å². The summed E-state index contributed by atoms with van der Waals surface area (Å²) in [6.07, 6.45) is 0. The second-order valence-electron chi connectivity index (χ2n) is 4.95. The number of nitrogens with zero attached hydrogens (tertiary/aromatic N) is 1. The van der Waals surface area contributed by atoms with E-state index in [1.807, 2.05) is 31.2 Å². The molecule has 0 aliphatic heterocycles. The monoisotopic (exact) mass is 270 g/mol. The molecule has 0 unspecified atom stereocenters. The van der Waals surface area contributed by atoms with Crippen molar-refractivity contribution in [1.29, 1.82) is 0 Å². The summed E-state index contributed by atoms with van der Waals surface area (Å²) < 4.78 is 27.2. The van der Waals surface area contributed by atoms with Crippen molar-refractivity contribution in [2.24, 2.45) is 0 Å². The average Bonchev–Trinajstić information content (AvgIpc) is 2.28. The van der Waals surface area contributed by atoms with Crippen LogP contribution in [0.25, 0.3) is 0 Å². The molecule has 5 heteroatoms. The van der Waals surface area contributed by atoms with Crippen molar-refractivity contribution in [1.82, 2.24) is 9.03 Å². The lowest BCUT2D eigenvalue weighted by atomic mass is 10.00. The Hall–Kier alpha value is -0.910. The van der Waals surface area contributed by atoms with Gasteiger partial charge < -0.3 is 0 Å². The van der Waals surface area contributed by atoms with E-state index >= 15 is 0 Å². The van der Waals surface area contributed by atoms with Gasteiger partial charge in [0.25, 0.3) is 10.2 Å². The van der Waals surface area contributed by atoms with Crippen molar-refractivity contribution < 1.29 is 8.42 Å². The SMILES string of the molecule is CC(C)c1ccc([C@@H](C)NS(=O)(=O)N(C)C)cc1. The van der Waals surface area contributed by atoms with Crippen molar-refractivity contribution in [3.63, 3.8) is 0 Å². The van der Waals surface area contributed by atoms with Crippen LogP contribution < -0.4 is 4.72 Å². The van der Waals surface area contributed by atoms with Gasteiger partial charge in [0.1, 0.15) is 0 Å². The molecule has 0 amide bonds. The summed E-state index contributed by atoms with van der Waals surface area (Å²) >= 11 is 0. The number of benzene rings is 1. The third-order valence-corrected chi connectivity index (χ3v) is 4.52. The Kier molecular flexibility index (Phi) is 4.90. The van der Waals surface area contributed by atoms with Crippen LogP contribution in [-0.2, 0) is 10.2 Å². The van der Waals surface area contributed by atoms with Crippen molar-refractivity contribution in [2.45, 2.75) is 32.7 Å². The van der Waals surface area contributed by atoms with Crippen molar-refractivity contribution >= 4 is 10.2 Å². The van der Waals surface area contributed by atoms with Crippen molar-refractivity contribution in [3.8, 4) is 0 Å². The Labute approximate surface area is 110 Å². The number of nitrogens with one attached hydrogen (secondary N) is 1. The van der Waals surface area contributed by atoms with E-state index in [1.54, 1.807) is 0 Å². The summed E-state index contributed by atoms with van der Waals surface area (Å²) in [5.41, 5.74) is 2.21. The number of hydrogen-bond acceptors (Lipinski definition) is 2. The smallest absolute Gasteiger partial charge is 0.195 e. The lowest BCUT2D eigenvalue weighted by Crippen LogP contribution is -2.37. The van der Waals surface area contributed by atoms with E-state index in [0.29, 0.717) is 5.92 Å². The van der Waals surface area contributed by atoms with Gasteiger partial charge >= 0.3 is 0 Å². The minimum Gasteiger partial charge on any atom is -0.195 e. The van der Waals surface area contributed by atoms with E-state index < -0.39 is 10.2 Å². The van der Waals surface area contributed by atoms with Crippen LogP contribution in [0.1, 0.15) is 43.9 Å². The first-order chi connectivity index (χ1) is 8.24. The summed E-state index contributed by atoms with van der Waals surface area (Å²) in [6, 6.07) is 7.79. The van der Waals surface area contributed by atoms with Gasteiger partial charge in [0.15, 0.2) is 0 Å². The minimum atomic E-state index is -3.39. The molecular formula is C13H22N2O2S. The summed E-state index contributed by atoms with van der Waals surface area (Å²) in [6.45, 7) is 6.10. The summed E-state index contributed by atoms with van der Waals surface area (Å²) in [5.74, 6) is 0.479. The topological polar surface area (TPSA) is 49.4 Å². The second-order valence-corrected chi connectivity index (χ2v) is 6.86. The molecule has 0 heterocycles. The summed E-state index contributed by atoms with van der Waals surface area (Å²) in [4.78, 5) is 0. The van der Waals surface area contributed by atoms with Crippen molar-refractivity contribution in [2.75, 3.05) is 14.1 Å². The van der Waals surface area contributed by atoms with Crippen LogP contribution in [0.2, 0.25) is 0 Å². The highest BCUT2D eigenvalue weighted by Crippen LogP contribution is 2.19. The molecule has 1 aromatic rings. The molecule has 1 aromatic carbocycles. The lowest BCUT2D eigenvalue weighted by Gasteiger charge is -2.18. The van der Waals surface area contributed by atoms with E-state index in [4.69, 9.17) is 0 Å². The molecule has 0 aromatic heterocycles. The predicted octanol–water partition coefficient (Wildman–Crippen LogP) is 2.27. The second kappa shape index (κ2) is 5.82. The molecule has 1 N–H and O–H groups in total. The lowest BCUT2D eigenvalue weighted by molar-refractivity contribution is 0.494. The normalized spacial score (nSPS) is 14.2. The van der Waals surface area contributed by atoms with Crippen LogP contribution in [0.3, 0.4) is 0 Å². The van der Waals surface area contributed by atoms with Gasteiger partial charge in [-0.15, -0.1) is 0 Å². The molecule has 0 radical (unpaired) electrons. The highest BCUT2D eigenvalue weighted by atomic mass is 32.2. The van der Waals surface area contributed by atoms with E-state index in [2.05, 4.69) is 18.6 Å². The molecule has 102 valence electrons. The minimum absolute atomic E-state index is 0.237. The third-order valence-electron chi connectivity index (χ3n) is 2.91. The maximum Gasteiger partial charge on any atom is 0.279 e. The first-order valence-corrected chi connectivity index (χ1v) is 7.47. The van der Waals surface area contributed by atoms with E-state index in [0.717, 1.165) is 5.56 Å². The molecule has 0 saturated carbocycles. The van der Waals surface area contributed by atoms with Gasteiger partial charge in [-0.1, -0.05) is 38.1 Å². The standard InChI is InChI=1S/C13H22N2O2S/c1-10(2)12-6-8-13(9-7-12)11(3)14-18(16,17)15(4)5/h6-11,14H,1-5H3/t11-/m1/s1. The van der Waals surface area contributed by atoms with Crippen molar-refractivity contribution in [3.05, 3.63) is 35.4 Å². The fourth-order valence-electron chi connectivity index (χ4n) is 1.57. The summed E-state index contributed by atoms with van der Waals surface area (Å²) in [7, 11) is -0.367. The molecule has 0 saturated heterocycles.